The molecule has 0 aromatic heterocycles. The van der Waals surface area contributed by atoms with Crippen LogP contribution in [0.4, 0.5) is 11.4 Å². The molecule has 0 aliphatic carbocycles. The fraction of sp³-hybridized carbons (Fsp3) is 0.286. The number of hydrogen-bond acceptors (Lipinski definition) is 5. The highest BCUT2D eigenvalue weighted by Gasteiger charge is 2.18. The van der Waals surface area contributed by atoms with E-state index in [2.05, 4.69) is 0 Å². The Morgan fingerprint density at radius 2 is 1.59 bits per heavy atom. The Balaban J connectivity index is 2.02. The number of carbonyl (C=O) groups is 2. The van der Waals surface area contributed by atoms with Gasteiger partial charge in [-0.3, -0.25) is 4.79 Å². The summed E-state index contributed by atoms with van der Waals surface area (Å²) in [5.74, 6) is -0.926. The largest absolute Gasteiger partial charge is 0.452 e. The van der Waals surface area contributed by atoms with E-state index in [9.17, 15) is 9.59 Å². The van der Waals surface area contributed by atoms with Gasteiger partial charge in [-0.15, -0.1) is 0 Å². The van der Waals surface area contributed by atoms with Crippen molar-refractivity contribution in [2.24, 2.45) is 0 Å². The van der Waals surface area contributed by atoms with E-state index >= 15 is 0 Å². The minimum Gasteiger partial charge on any atom is -0.452 e. The Morgan fingerprint density at radius 3 is 2.15 bits per heavy atom. The van der Waals surface area contributed by atoms with Crippen LogP contribution in [-0.4, -0.2) is 39.1 Å². The van der Waals surface area contributed by atoms with Crippen molar-refractivity contribution in [3.8, 4) is 6.07 Å². The highest BCUT2D eigenvalue weighted by Crippen LogP contribution is 2.17. The summed E-state index contributed by atoms with van der Waals surface area (Å²) >= 11 is 0. The molecule has 0 saturated heterocycles. The maximum absolute atomic E-state index is 12.5. The van der Waals surface area contributed by atoms with E-state index in [1.807, 2.05) is 68.4 Å². The number of aryl methyl sites for hydroxylation is 1. The lowest BCUT2D eigenvalue weighted by molar-refractivity contribution is -0.121. The quantitative estimate of drug-likeness (QED) is 0.705. The van der Waals surface area contributed by atoms with Crippen molar-refractivity contribution in [1.29, 1.82) is 5.26 Å². The topological polar surface area (TPSA) is 73.6 Å². The van der Waals surface area contributed by atoms with E-state index in [4.69, 9.17) is 10.00 Å². The van der Waals surface area contributed by atoms with Gasteiger partial charge in [0.05, 0.1) is 18.1 Å². The van der Waals surface area contributed by atoms with Crippen molar-refractivity contribution in [3.05, 3.63) is 59.7 Å². The maximum Gasteiger partial charge on any atom is 0.338 e. The third kappa shape index (κ3) is 5.58. The summed E-state index contributed by atoms with van der Waals surface area (Å²) in [5, 5.41) is 8.84. The summed E-state index contributed by atoms with van der Waals surface area (Å²) in [7, 11) is 3.82. The summed E-state index contributed by atoms with van der Waals surface area (Å²) in [6, 6.07) is 16.4. The van der Waals surface area contributed by atoms with Gasteiger partial charge in [0.2, 0.25) is 0 Å². The van der Waals surface area contributed by atoms with Gasteiger partial charge in [0.25, 0.3) is 5.91 Å². The second-order valence-electron chi connectivity index (χ2n) is 6.31. The van der Waals surface area contributed by atoms with E-state index in [1.165, 1.54) is 4.90 Å². The van der Waals surface area contributed by atoms with E-state index in [1.54, 1.807) is 12.1 Å². The molecule has 0 N–H and O–H groups in total. The first-order valence-corrected chi connectivity index (χ1v) is 8.61. The van der Waals surface area contributed by atoms with Crippen molar-refractivity contribution in [2.45, 2.75) is 13.3 Å². The van der Waals surface area contributed by atoms with Gasteiger partial charge in [0, 0.05) is 32.0 Å². The minimum atomic E-state index is -0.558. The predicted octanol–water partition coefficient (Wildman–Crippen LogP) is 3.16. The van der Waals surface area contributed by atoms with Crippen LogP contribution in [0.25, 0.3) is 0 Å². The zero-order valence-corrected chi connectivity index (χ0v) is 15.8. The van der Waals surface area contributed by atoms with Crippen LogP contribution in [0.15, 0.2) is 48.5 Å². The molecule has 0 heterocycles. The Kier molecular flexibility index (Phi) is 6.95. The minimum absolute atomic E-state index is 0.194. The second kappa shape index (κ2) is 9.39. The number of benzene rings is 2. The van der Waals surface area contributed by atoms with Crippen molar-refractivity contribution in [3.63, 3.8) is 0 Å². The average molecular weight is 365 g/mol. The number of nitriles is 1. The van der Waals surface area contributed by atoms with E-state index in [-0.39, 0.29) is 25.5 Å². The molecule has 0 bridgehead atoms. The standard InChI is InChI=1S/C21H23N3O3/c1-16-5-9-19(10-6-16)24(14-4-13-22)20(25)15-27-21(26)17-7-11-18(12-8-17)23(2)3/h5-12H,4,14-15H2,1-3H3. The lowest BCUT2D eigenvalue weighted by Crippen LogP contribution is -2.35. The monoisotopic (exact) mass is 365 g/mol. The Morgan fingerprint density at radius 1 is 1.00 bits per heavy atom. The molecule has 0 spiro atoms. The molecule has 0 radical (unpaired) electrons. The fourth-order valence-electron chi connectivity index (χ4n) is 2.47. The smallest absolute Gasteiger partial charge is 0.338 e. The van der Waals surface area contributed by atoms with Gasteiger partial charge in [-0.05, 0) is 43.3 Å². The van der Waals surface area contributed by atoms with Gasteiger partial charge < -0.3 is 14.5 Å². The zero-order chi connectivity index (χ0) is 19.8. The molecule has 2 aromatic rings. The normalized spacial score (nSPS) is 10.0. The number of anilines is 2. The number of amides is 1. The Labute approximate surface area is 159 Å². The summed E-state index contributed by atoms with van der Waals surface area (Å²) in [6.07, 6.45) is 0.194. The number of hydrogen-bond donors (Lipinski definition) is 0. The number of carbonyl (C=O) groups excluding carboxylic acids is 2. The Hall–Kier alpha value is -3.33. The molecule has 2 rings (SSSR count). The number of rotatable bonds is 7. The first-order chi connectivity index (χ1) is 12.9. The summed E-state index contributed by atoms with van der Waals surface area (Å²) in [4.78, 5) is 28.1. The van der Waals surface area contributed by atoms with E-state index in [0.717, 1.165) is 11.3 Å². The number of ether oxygens (including phenoxy) is 1. The fourth-order valence-corrected chi connectivity index (χ4v) is 2.47. The molecule has 0 fully saturated rings. The van der Waals surface area contributed by atoms with Crippen molar-refractivity contribution >= 4 is 23.3 Å². The van der Waals surface area contributed by atoms with Gasteiger partial charge in [0.1, 0.15) is 0 Å². The molecule has 6 heteroatoms. The third-order valence-corrected chi connectivity index (χ3v) is 4.04. The summed E-state index contributed by atoms with van der Waals surface area (Å²) in [5.41, 5.74) is 3.09. The molecule has 2 aromatic carbocycles. The Bertz CT molecular complexity index is 821. The molecule has 0 aliphatic heterocycles. The molecule has 27 heavy (non-hydrogen) atoms. The molecule has 1 amide bonds. The van der Waals surface area contributed by atoms with Crippen LogP contribution in [0.2, 0.25) is 0 Å². The molecule has 0 saturated carbocycles. The van der Waals surface area contributed by atoms with E-state index < -0.39 is 5.97 Å². The van der Waals surface area contributed by atoms with Crippen LogP contribution >= 0.6 is 0 Å². The van der Waals surface area contributed by atoms with E-state index in [0.29, 0.717) is 11.3 Å². The number of nitrogens with zero attached hydrogens (tertiary/aromatic N) is 3. The lowest BCUT2D eigenvalue weighted by atomic mass is 10.2. The molecule has 0 atom stereocenters. The van der Waals surface area contributed by atoms with Crippen LogP contribution in [0, 0.1) is 18.3 Å². The molecular formula is C21H23N3O3. The van der Waals surface area contributed by atoms with Crippen molar-refractivity contribution < 1.29 is 14.3 Å². The molecule has 6 nitrogen and oxygen atoms in total. The van der Waals surface area contributed by atoms with Crippen LogP contribution in [0.5, 0.6) is 0 Å². The molecular weight excluding hydrogens is 342 g/mol. The first-order valence-electron chi connectivity index (χ1n) is 8.61. The van der Waals surface area contributed by atoms with Gasteiger partial charge >= 0.3 is 5.97 Å². The maximum atomic E-state index is 12.5. The van der Waals surface area contributed by atoms with Crippen LogP contribution in [0.1, 0.15) is 22.3 Å². The van der Waals surface area contributed by atoms with Crippen LogP contribution in [0.3, 0.4) is 0 Å². The van der Waals surface area contributed by atoms with Gasteiger partial charge in [-0.25, -0.2) is 4.79 Å². The lowest BCUT2D eigenvalue weighted by Gasteiger charge is -2.22. The zero-order valence-electron chi connectivity index (χ0n) is 15.8. The molecule has 0 aliphatic rings. The highest BCUT2D eigenvalue weighted by molar-refractivity contribution is 5.97. The highest BCUT2D eigenvalue weighted by atomic mass is 16.5. The molecule has 0 unspecified atom stereocenters. The second-order valence-corrected chi connectivity index (χ2v) is 6.31. The number of esters is 1. The van der Waals surface area contributed by atoms with Crippen molar-refractivity contribution in [2.75, 3.05) is 37.0 Å². The van der Waals surface area contributed by atoms with Gasteiger partial charge in [0.15, 0.2) is 6.61 Å². The van der Waals surface area contributed by atoms with Gasteiger partial charge in [-0.1, -0.05) is 17.7 Å². The van der Waals surface area contributed by atoms with Crippen molar-refractivity contribution in [1.82, 2.24) is 0 Å². The average Bonchev–Trinajstić information content (AvgIpc) is 2.67. The SMILES string of the molecule is Cc1ccc(N(CCC#N)C(=O)COC(=O)c2ccc(N(C)C)cc2)cc1. The molecule has 140 valence electrons. The first kappa shape index (κ1) is 20.0. The summed E-state index contributed by atoms with van der Waals surface area (Å²) in [6.45, 7) is 1.82. The summed E-state index contributed by atoms with van der Waals surface area (Å²) < 4.78 is 5.17. The van der Waals surface area contributed by atoms with Crippen LogP contribution < -0.4 is 9.80 Å². The van der Waals surface area contributed by atoms with Gasteiger partial charge in [-0.2, -0.15) is 5.26 Å². The third-order valence-electron chi connectivity index (χ3n) is 4.04. The predicted molar refractivity (Wildman–Crippen MR) is 105 cm³/mol. The van der Waals surface area contributed by atoms with Crippen LogP contribution in [-0.2, 0) is 9.53 Å².